The molecular formula is C15H20N4O2. The number of aromatic carboxylic acids is 1. The first kappa shape index (κ1) is 14.0. The fourth-order valence-electron chi connectivity index (χ4n) is 3.07. The molecule has 1 unspecified atom stereocenters. The number of pyridine rings is 1. The molecule has 0 saturated carbocycles. The predicted molar refractivity (Wildman–Crippen MR) is 78.5 cm³/mol. The molecule has 1 aliphatic heterocycles. The van der Waals surface area contributed by atoms with Gasteiger partial charge in [0, 0.05) is 18.7 Å². The summed E-state index contributed by atoms with van der Waals surface area (Å²) in [6.07, 6.45) is 6.21. The molecule has 3 rings (SSSR count). The van der Waals surface area contributed by atoms with Crippen molar-refractivity contribution < 1.29 is 9.90 Å². The van der Waals surface area contributed by atoms with Crippen LogP contribution >= 0.6 is 0 Å². The van der Waals surface area contributed by atoms with E-state index in [9.17, 15) is 4.79 Å². The second kappa shape index (κ2) is 5.81. The number of likely N-dealkylation sites (tertiary alicyclic amines) is 1. The van der Waals surface area contributed by atoms with Gasteiger partial charge >= 0.3 is 5.97 Å². The Bertz CT molecular complexity index is 652. The minimum absolute atomic E-state index is 0.245. The van der Waals surface area contributed by atoms with Gasteiger partial charge < -0.3 is 10.0 Å². The lowest BCUT2D eigenvalue weighted by Crippen LogP contribution is -2.40. The normalized spacial score (nSPS) is 20.0. The molecule has 0 aliphatic carbocycles. The van der Waals surface area contributed by atoms with E-state index < -0.39 is 5.97 Å². The van der Waals surface area contributed by atoms with Crippen LogP contribution in [0.3, 0.4) is 0 Å². The molecule has 6 heteroatoms. The van der Waals surface area contributed by atoms with Crippen LogP contribution in [0, 0.1) is 0 Å². The van der Waals surface area contributed by atoms with Gasteiger partial charge in [0.2, 0.25) is 0 Å². The zero-order valence-corrected chi connectivity index (χ0v) is 12.2. The van der Waals surface area contributed by atoms with Gasteiger partial charge in [-0.15, -0.1) is 0 Å². The number of carboxylic acid groups (broad SMARTS) is 1. The first-order chi connectivity index (χ1) is 10.2. The van der Waals surface area contributed by atoms with Crippen LogP contribution in [0.2, 0.25) is 0 Å². The van der Waals surface area contributed by atoms with Gasteiger partial charge in [0.25, 0.3) is 0 Å². The largest absolute Gasteiger partial charge is 0.478 e. The van der Waals surface area contributed by atoms with Gasteiger partial charge in [0.15, 0.2) is 11.5 Å². The highest BCUT2D eigenvalue weighted by molar-refractivity contribution is 5.88. The van der Waals surface area contributed by atoms with E-state index in [0.717, 1.165) is 25.3 Å². The SMILES string of the molecule is CCN1CCCCC1Cc1nc2cc(C(=O)O)ccn2n1. The van der Waals surface area contributed by atoms with Crippen LogP contribution in [0.25, 0.3) is 5.65 Å². The Kier molecular flexibility index (Phi) is 3.88. The maximum Gasteiger partial charge on any atom is 0.335 e. The molecule has 1 atom stereocenters. The molecule has 3 heterocycles. The van der Waals surface area contributed by atoms with Crippen molar-refractivity contribution in [3.63, 3.8) is 0 Å². The average molecular weight is 288 g/mol. The highest BCUT2D eigenvalue weighted by atomic mass is 16.4. The van der Waals surface area contributed by atoms with Gasteiger partial charge in [-0.25, -0.2) is 14.3 Å². The summed E-state index contributed by atoms with van der Waals surface area (Å²) >= 11 is 0. The van der Waals surface area contributed by atoms with E-state index in [1.165, 1.54) is 19.3 Å². The van der Waals surface area contributed by atoms with Gasteiger partial charge in [0.05, 0.1) is 5.56 Å². The highest BCUT2D eigenvalue weighted by Gasteiger charge is 2.22. The first-order valence-corrected chi connectivity index (χ1v) is 7.50. The summed E-state index contributed by atoms with van der Waals surface area (Å²) in [7, 11) is 0. The number of aromatic nitrogens is 3. The third kappa shape index (κ3) is 2.90. The zero-order chi connectivity index (χ0) is 14.8. The van der Waals surface area contributed by atoms with Crippen LogP contribution < -0.4 is 0 Å². The Morgan fingerprint density at radius 1 is 1.48 bits per heavy atom. The topological polar surface area (TPSA) is 70.7 Å². The quantitative estimate of drug-likeness (QED) is 0.929. The predicted octanol–water partition coefficient (Wildman–Crippen LogP) is 1.84. The third-order valence-electron chi connectivity index (χ3n) is 4.20. The van der Waals surface area contributed by atoms with E-state index >= 15 is 0 Å². The molecule has 0 bridgehead atoms. The van der Waals surface area contributed by atoms with E-state index in [0.29, 0.717) is 11.7 Å². The number of piperidine rings is 1. The minimum Gasteiger partial charge on any atom is -0.478 e. The number of hydrogen-bond donors (Lipinski definition) is 1. The lowest BCUT2D eigenvalue weighted by Gasteiger charge is -2.34. The minimum atomic E-state index is -0.938. The molecule has 1 N–H and O–H groups in total. The summed E-state index contributed by atoms with van der Waals surface area (Å²) in [6.45, 7) is 4.40. The molecule has 2 aromatic heterocycles. The number of hydrogen-bond acceptors (Lipinski definition) is 4. The fourth-order valence-corrected chi connectivity index (χ4v) is 3.07. The van der Waals surface area contributed by atoms with Gasteiger partial charge in [0.1, 0.15) is 0 Å². The van der Waals surface area contributed by atoms with Crippen LogP contribution in [0.15, 0.2) is 18.3 Å². The summed E-state index contributed by atoms with van der Waals surface area (Å²) < 4.78 is 1.65. The molecule has 6 nitrogen and oxygen atoms in total. The van der Waals surface area contributed by atoms with E-state index in [1.807, 2.05) is 0 Å². The molecule has 1 saturated heterocycles. The Morgan fingerprint density at radius 3 is 3.10 bits per heavy atom. The summed E-state index contributed by atoms with van der Waals surface area (Å²) in [5, 5.41) is 13.5. The van der Waals surface area contributed by atoms with Crippen LogP contribution in [0.4, 0.5) is 0 Å². The number of likely N-dealkylation sites (N-methyl/N-ethyl adjacent to an activating group) is 1. The van der Waals surface area contributed by atoms with Gasteiger partial charge in [-0.3, -0.25) is 0 Å². The lowest BCUT2D eigenvalue weighted by molar-refractivity contribution is 0.0697. The van der Waals surface area contributed by atoms with Crippen molar-refractivity contribution in [1.29, 1.82) is 0 Å². The van der Waals surface area contributed by atoms with Crippen LogP contribution in [0.5, 0.6) is 0 Å². The van der Waals surface area contributed by atoms with Gasteiger partial charge in [-0.2, -0.15) is 5.10 Å². The van der Waals surface area contributed by atoms with Crippen molar-refractivity contribution in [2.24, 2.45) is 0 Å². The van der Waals surface area contributed by atoms with Gasteiger partial charge in [-0.05, 0) is 38.1 Å². The lowest BCUT2D eigenvalue weighted by atomic mass is 9.99. The molecule has 112 valence electrons. The standard InChI is InChI=1S/C15H20N4O2/c1-2-18-7-4-3-5-12(18)10-13-16-14-9-11(15(20)21)6-8-19(14)17-13/h6,8-9,12H,2-5,7,10H2,1H3,(H,20,21). The first-order valence-electron chi connectivity index (χ1n) is 7.50. The monoisotopic (exact) mass is 288 g/mol. The summed E-state index contributed by atoms with van der Waals surface area (Å²) in [4.78, 5) is 18.0. The molecule has 1 aliphatic rings. The summed E-state index contributed by atoms with van der Waals surface area (Å²) in [5.41, 5.74) is 0.845. The number of carboxylic acids is 1. The molecule has 21 heavy (non-hydrogen) atoms. The molecule has 2 aromatic rings. The Labute approximate surface area is 123 Å². The van der Waals surface area contributed by atoms with Crippen molar-refractivity contribution in [3.05, 3.63) is 29.7 Å². The van der Waals surface area contributed by atoms with Crippen LogP contribution in [-0.2, 0) is 6.42 Å². The Balaban J connectivity index is 1.82. The second-order valence-corrected chi connectivity index (χ2v) is 5.53. The number of carbonyl (C=O) groups is 1. The Hall–Kier alpha value is -1.95. The van der Waals surface area contributed by atoms with Crippen molar-refractivity contribution in [2.75, 3.05) is 13.1 Å². The van der Waals surface area contributed by atoms with Crippen molar-refractivity contribution in [1.82, 2.24) is 19.5 Å². The van der Waals surface area contributed by atoms with Crippen molar-refractivity contribution in [2.45, 2.75) is 38.6 Å². The van der Waals surface area contributed by atoms with Gasteiger partial charge in [-0.1, -0.05) is 13.3 Å². The number of rotatable bonds is 4. The third-order valence-corrected chi connectivity index (χ3v) is 4.20. The molecule has 0 amide bonds. The van der Waals surface area contributed by atoms with Crippen molar-refractivity contribution in [3.8, 4) is 0 Å². The smallest absolute Gasteiger partial charge is 0.335 e. The van der Waals surface area contributed by atoms with E-state index in [4.69, 9.17) is 5.11 Å². The fraction of sp³-hybridized carbons (Fsp3) is 0.533. The van der Waals surface area contributed by atoms with Crippen molar-refractivity contribution >= 4 is 11.6 Å². The van der Waals surface area contributed by atoms with Crippen LogP contribution in [-0.4, -0.2) is 49.7 Å². The van der Waals surface area contributed by atoms with Crippen LogP contribution in [0.1, 0.15) is 42.4 Å². The molecule has 0 spiro atoms. The maximum atomic E-state index is 11.0. The number of fused-ring (bicyclic) bond motifs is 1. The average Bonchev–Trinajstić information content (AvgIpc) is 2.89. The number of nitrogens with zero attached hydrogens (tertiary/aromatic N) is 4. The second-order valence-electron chi connectivity index (χ2n) is 5.53. The molecule has 0 aromatic carbocycles. The molecule has 0 radical (unpaired) electrons. The molecule has 1 fully saturated rings. The summed E-state index contributed by atoms with van der Waals surface area (Å²) in [5.74, 6) is -0.144. The Morgan fingerprint density at radius 2 is 2.33 bits per heavy atom. The van der Waals surface area contributed by atoms with E-state index in [-0.39, 0.29) is 5.56 Å². The zero-order valence-electron chi connectivity index (χ0n) is 12.2. The highest BCUT2D eigenvalue weighted by Crippen LogP contribution is 2.19. The van der Waals surface area contributed by atoms with E-state index in [2.05, 4.69) is 21.9 Å². The maximum absolute atomic E-state index is 11.0. The van der Waals surface area contributed by atoms with E-state index in [1.54, 1.807) is 22.8 Å². The summed E-state index contributed by atoms with van der Waals surface area (Å²) in [6, 6.07) is 3.62. The molecular weight excluding hydrogens is 268 g/mol.